The molecule has 0 unspecified atom stereocenters. The average molecular weight is 519 g/mol. The number of rotatable bonds is 8. The fourth-order valence-electron chi connectivity index (χ4n) is 4.27. The molecule has 0 radical (unpaired) electrons. The first-order chi connectivity index (χ1) is 18.6. The predicted octanol–water partition coefficient (Wildman–Crippen LogP) is 4.14. The second-order valence-electron chi connectivity index (χ2n) is 8.90. The van der Waals surface area contributed by atoms with Crippen LogP contribution in [0.1, 0.15) is 5.76 Å². The minimum Gasteiger partial charge on any atom is -0.492 e. The van der Waals surface area contributed by atoms with E-state index < -0.39 is 11.6 Å². The number of fused-ring (bicyclic) bond motifs is 1. The molecule has 0 atom stereocenters. The van der Waals surface area contributed by atoms with Gasteiger partial charge >= 0.3 is 0 Å². The van der Waals surface area contributed by atoms with Crippen molar-refractivity contribution >= 4 is 0 Å². The van der Waals surface area contributed by atoms with Crippen LogP contribution in [0.25, 0.3) is 34.0 Å². The van der Waals surface area contributed by atoms with Crippen molar-refractivity contribution in [2.24, 2.45) is 0 Å². The molecule has 3 aliphatic heterocycles. The van der Waals surface area contributed by atoms with E-state index in [4.69, 9.17) is 14.0 Å². The number of benzene rings is 2. The number of halogens is 2. The fraction of sp³-hybridized carbons (Fsp3) is 0.259. The van der Waals surface area contributed by atoms with Gasteiger partial charge in [0.15, 0.2) is 23.2 Å². The summed E-state index contributed by atoms with van der Waals surface area (Å²) in [6.07, 6.45) is 3.20. The van der Waals surface area contributed by atoms with E-state index in [0.717, 1.165) is 50.2 Å². The maximum atomic E-state index is 14.2. The van der Waals surface area contributed by atoms with Crippen molar-refractivity contribution in [3.05, 3.63) is 78.3 Å². The van der Waals surface area contributed by atoms with E-state index in [1.807, 2.05) is 30.3 Å². The molecule has 0 saturated carbocycles. The van der Waals surface area contributed by atoms with E-state index in [2.05, 4.69) is 25.1 Å². The van der Waals surface area contributed by atoms with Crippen LogP contribution in [0.3, 0.4) is 0 Å². The molecule has 0 aliphatic carbocycles. The Kier molecular flexibility index (Phi) is 6.76. The number of nitrogens with zero attached hydrogens (tertiary/aromatic N) is 6. The van der Waals surface area contributed by atoms with Crippen molar-refractivity contribution in [3.63, 3.8) is 0 Å². The van der Waals surface area contributed by atoms with Crippen molar-refractivity contribution in [3.8, 4) is 39.8 Å². The van der Waals surface area contributed by atoms with Gasteiger partial charge in [-0.15, -0.1) is 0 Å². The standard InChI is InChI=1S/C27H24F2N6O3/c28-22-3-1-2-21(26(22)29)27-31-24-15-30-35(17-25(24)32-27)16-20-14-23(33-38-20)18-4-6-19(7-5-18)37-13-10-34-8-11-36-12-9-34/h1-7,14-15,17H,8-13,16H2. The third-order valence-electron chi connectivity index (χ3n) is 6.31. The molecule has 1 saturated heterocycles. The Balaban J connectivity index is 1.10. The molecule has 0 N–H and O–H groups in total. The lowest BCUT2D eigenvalue weighted by molar-refractivity contribution is 0.0322. The first-order valence-electron chi connectivity index (χ1n) is 12.3. The number of morpholine rings is 1. The summed E-state index contributed by atoms with van der Waals surface area (Å²) < 4.78 is 46.2. The highest BCUT2D eigenvalue weighted by atomic mass is 19.2. The minimum absolute atomic E-state index is 0.00106. The van der Waals surface area contributed by atoms with E-state index in [1.54, 1.807) is 10.9 Å². The van der Waals surface area contributed by atoms with E-state index >= 15 is 0 Å². The minimum atomic E-state index is -0.981. The first-order valence-corrected chi connectivity index (χ1v) is 12.3. The number of aromatic nitrogens is 5. The summed E-state index contributed by atoms with van der Waals surface area (Å²) in [5.74, 6) is -0.431. The molecule has 4 heterocycles. The Hall–Kier alpha value is -4.22. The third kappa shape index (κ3) is 5.24. The molecule has 6 rings (SSSR count). The summed E-state index contributed by atoms with van der Waals surface area (Å²) >= 11 is 0. The number of imidazole rings is 1. The molecular weight excluding hydrogens is 494 g/mol. The summed E-state index contributed by atoms with van der Waals surface area (Å²) in [4.78, 5) is 11.0. The van der Waals surface area contributed by atoms with Gasteiger partial charge in [0.1, 0.15) is 36.0 Å². The van der Waals surface area contributed by atoms with Gasteiger partial charge in [0.25, 0.3) is 0 Å². The van der Waals surface area contributed by atoms with Gasteiger partial charge in [-0.25, -0.2) is 18.7 Å². The van der Waals surface area contributed by atoms with Crippen LogP contribution < -0.4 is 4.74 Å². The molecule has 1 aromatic heterocycles. The van der Waals surface area contributed by atoms with Crippen LogP contribution in [0.15, 0.2) is 65.4 Å². The highest BCUT2D eigenvalue weighted by Crippen LogP contribution is 2.27. The smallest absolute Gasteiger partial charge is 0.169 e. The average Bonchev–Trinajstić information content (AvgIpc) is 3.58. The van der Waals surface area contributed by atoms with Crippen molar-refractivity contribution in [2.45, 2.75) is 6.54 Å². The van der Waals surface area contributed by atoms with Gasteiger partial charge in [0.2, 0.25) is 0 Å². The van der Waals surface area contributed by atoms with Crippen LogP contribution >= 0.6 is 0 Å². The summed E-state index contributed by atoms with van der Waals surface area (Å²) in [5.41, 5.74) is 2.57. The highest BCUT2D eigenvalue weighted by Gasteiger charge is 2.18. The molecule has 3 aromatic rings. The molecule has 0 spiro atoms. The van der Waals surface area contributed by atoms with Crippen LogP contribution in [0.4, 0.5) is 8.78 Å². The third-order valence-corrected chi connectivity index (χ3v) is 6.31. The van der Waals surface area contributed by atoms with Crippen LogP contribution in [0, 0.1) is 11.6 Å². The van der Waals surface area contributed by atoms with E-state index in [0.29, 0.717) is 36.0 Å². The second-order valence-corrected chi connectivity index (χ2v) is 8.90. The molecular formula is C27H24F2N6O3. The van der Waals surface area contributed by atoms with Gasteiger partial charge in [0.05, 0.1) is 31.2 Å². The summed E-state index contributed by atoms with van der Waals surface area (Å²) in [6.45, 7) is 5.23. The van der Waals surface area contributed by atoms with E-state index in [1.165, 1.54) is 18.3 Å². The SMILES string of the molecule is Fc1cccc(-c2nc3cnn(Cc4cc(-c5ccc(OCCN6CCOCC6)cc5)no4)cc-3n2)c1F. The van der Waals surface area contributed by atoms with Crippen LogP contribution in [0.2, 0.25) is 0 Å². The molecule has 3 aliphatic rings. The molecule has 0 bridgehead atoms. The zero-order valence-corrected chi connectivity index (χ0v) is 20.4. The molecule has 2 aromatic carbocycles. The molecule has 11 heteroatoms. The predicted molar refractivity (Wildman–Crippen MR) is 134 cm³/mol. The lowest BCUT2D eigenvalue weighted by Crippen LogP contribution is -2.38. The number of hydrogen-bond donors (Lipinski definition) is 0. The van der Waals surface area contributed by atoms with E-state index in [9.17, 15) is 8.78 Å². The normalized spacial score (nSPS) is 14.3. The van der Waals surface area contributed by atoms with Gasteiger partial charge in [-0.3, -0.25) is 9.58 Å². The van der Waals surface area contributed by atoms with Crippen LogP contribution in [-0.4, -0.2) is 69.3 Å². The number of hydrogen-bond acceptors (Lipinski definition) is 8. The Labute approximate surface area is 217 Å². The summed E-state index contributed by atoms with van der Waals surface area (Å²) in [7, 11) is 0. The van der Waals surface area contributed by atoms with Crippen molar-refractivity contribution < 1.29 is 22.8 Å². The molecule has 9 nitrogen and oxygen atoms in total. The monoisotopic (exact) mass is 518 g/mol. The first kappa shape index (κ1) is 24.1. The van der Waals surface area contributed by atoms with Gasteiger partial charge in [-0.05, 0) is 36.4 Å². The van der Waals surface area contributed by atoms with Gasteiger partial charge in [0, 0.05) is 31.3 Å². The van der Waals surface area contributed by atoms with E-state index in [-0.39, 0.29) is 11.4 Å². The van der Waals surface area contributed by atoms with Crippen molar-refractivity contribution in [2.75, 3.05) is 39.5 Å². The van der Waals surface area contributed by atoms with Crippen LogP contribution in [-0.2, 0) is 11.3 Å². The van der Waals surface area contributed by atoms with Gasteiger partial charge in [-0.2, -0.15) is 5.10 Å². The lowest BCUT2D eigenvalue weighted by Gasteiger charge is -2.26. The molecule has 194 valence electrons. The molecule has 1 fully saturated rings. The van der Waals surface area contributed by atoms with Crippen LogP contribution in [0.5, 0.6) is 5.75 Å². The Morgan fingerprint density at radius 2 is 1.76 bits per heavy atom. The Morgan fingerprint density at radius 1 is 0.947 bits per heavy atom. The van der Waals surface area contributed by atoms with Gasteiger partial charge < -0.3 is 14.0 Å². The van der Waals surface area contributed by atoms with Crippen molar-refractivity contribution in [1.29, 1.82) is 0 Å². The maximum Gasteiger partial charge on any atom is 0.169 e. The Morgan fingerprint density at radius 3 is 2.61 bits per heavy atom. The summed E-state index contributed by atoms with van der Waals surface area (Å²) in [6, 6.07) is 13.5. The number of ether oxygens (including phenoxy) is 2. The zero-order chi connectivity index (χ0) is 25.9. The second kappa shape index (κ2) is 10.6. The lowest BCUT2D eigenvalue weighted by atomic mass is 10.1. The highest BCUT2D eigenvalue weighted by molar-refractivity contribution is 5.65. The van der Waals surface area contributed by atoms with Gasteiger partial charge in [-0.1, -0.05) is 11.2 Å². The zero-order valence-electron chi connectivity index (χ0n) is 20.4. The quantitative estimate of drug-likeness (QED) is 0.303. The summed E-state index contributed by atoms with van der Waals surface area (Å²) in [5, 5.41) is 8.52. The Bertz CT molecular complexity index is 1500. The fourth-order valence-corrected chi connectivity index (χ4v) is 4.27. The van der Waals surface area contributed by atoms with Crippen molar-refractivity contribution in [1.82, 2.24) is 29.8 Å². The molecule has 0 amide bonds. The molecule has 38 heavy (non-hydrogen) atoms. The largest absolute Gasteiger partial charge is 0.492 e. The maximum absolute atomic E-state index is 14.2. The topological polar surface area (TPSA) is 91.3 Å².